The van der Waals surface area contributed by atoms with E-state index in [4.69, 9.17) is 10.5 Å². The van der Waals surface area contributed by atoms with E-state index < -0.39 is 0 Å². The van der Waals surface area contributed by atoms with Gasteiger partial charge in [-0.3, -0.25) is 4.90 Å². The minimum Gasteiger partial charge on any atom is -0.476 e. The Morgan fingerprint density at radius 1 is 1.24 bits per heavy atom. The Morgan fingerprint density at radius 2 is 1.90 bits per heavy atom. The highest BCUT2D eigenvalue weighted by Crippen LogP contribution is 2.20. The van der Waals surface area contributed by atoms with Crippen molar-refractivity contribution in [1.29, 1.82) is 0 Å². The van der Waals surface area contributed by atoms with Gasteiger partial charge in [0.05, 0.1) is 12.3 Å². The quantitative estimate of drug-likeness (QED) is 0.733. The normalized spacial score (nSPS) is 11.4. The highest BCUT2D eigenvalue weighted by atomic mass is 16.5. The zero-order chi connectivity index (χ0) is 15.8. The average Bonchev–Trinajstić information content (AvgIpc) is 2.42. The molecular formula is C16H30N4O. The van der Waals surface area contributed by atoms with Gasteiger partial charge in [0.15, 0.2) is 0 Å². The maximum Gasteiger partial charge on any atom is 0.239 e. The van der Waals surface area contributed by atoms with Gasteiger partial charge in [0, 0.05) is 25.2 Å². The number of aromatic nitrogens is 1. The molecule has 0 saturated carbocycles. The van der Waals surface area contributed by atoms with Gasteiger partial charge in [-0.05, 0) is 46.2 Å². The molecule has 0 aliphatic rings. The van der Waals surface area contributed by atoms with E-state index in [2.05, 4.69) is 49.8 Å². The van der Waals surface area contributed by atoms with Crippen LogP contribution >= 0.6 is 0 Å². The molecule has 21 heavy (non-hydrogen) atoms. The summed E-state index contributed by atoms with van der Waals surface area (Å²) in [6.07, 6.45) is 0.941. The molecule has 0 amide bonds. The fraction of sp³-hybridized carbons (Fsp3) is 0.688. The first-order chi connectivity index (χ1) is 9.95. The van der Waals surface area contributed by atoms with Crippen LogP contribution in [0.1, 0.15) is 41.0 Å². The summed E-state index contributed by atoms with van der Waals surface area (Å²) in [4.78, 5) is 6.86. The van der Waals surface area contributed by atoms with Crippen molar-refractivity contribution < 1.29 is 4.74 Å². The fourth-order valence-electron chi connectivity index (χ4n) is 2.29. The second-order valence-corrected chi connectivity index (χ2v) is 5.79. The lowest BCUT2D eigenvalue weighted by Gasteiger charge is -2.30. The van der Waals surface area contributed by atoms with Gasteiger partial charge in [0.1, 0.15) is 5.82 Å². The zero-order valence-corrected chi connectivity index (χ0v) is 14.0. The van der Waals surface area contributed by atoms with Crippen LogP contribution in [0.4, 0.5) is 11.5 Å². The first-order valence-corrected chi connectivity index (χ1v) is 7.84. The van der Waals surface area contributed by atoms with Gasteiger partial charge in [-0.25, -0.2) is 0 Å². The van der Waals surface area contributed by atoms with Crippen molar-refractivity contribution in [3.63, 3.8) is 0 Å². The van der Waals surface area contributed by atoms with Crippen LogP contribution in [-0.2, 0) is 0 Å². The lowest BCUT2D eigenvalue weighted by atomic mass is 10.2. The maximum absolute atomic E-state index is 5.86. The number of pyridine rings is 1. The molecule has 0 unspecified atom stereocenters. The van der Waals surface area contributed by atoms with Crippen molar-refractivity contribution in [2.24, 2.45) is 0 Å². The van der Waals surface area contributed by atoms with Gasteiger partial charge in [0.2, 0.25) is 5.88 Å². The highest BCUT2D eigenvalue weighted by molar-refractivity contribution is 5.53. The number of hydrogen-bond donors (Lipinski definition) is 2. The smallest absolute Gasteiger partial charge is 0.239 e. The Kier molecular flexibility index (Phi) is 7.29. The number of anilines is 2. The largest absolute Gasteiger partial charge is 0.476 e. The van der Waals surface area contributed by atoms with Gasteiger partial charge in [-0.1, -0.05) is 6.92 Å². The number of nitrogens with one attached hydrogen (secondary N) is 1. The van der Waals surface area contributed by atoms with Crippen LogP contribution in [0.2, 0.25) is 0 Å². The van der Waals surface area contributed by atoms with Gasteiger partial charge >= 0.3 is 0 Å². The van der Waals surface area contributed by atoms with E-state index in [1.807, 2.05) is 12.1 Å². The molecule has 5 nitrogen and oxygen atoms in total. The highest BCUT2D eigenvalue weighted by Gasteiger charge is 2.12. The molecule has 0 saturated heterocycles. The molecule has 1 aromatic heterocycles. The Hall–Kier alpha value is -1.49. The minimum absolute atomic E-state index is 0.520. The standard InChI is InChI=1S/C16H30N4O/c1-6-11-21-16-14(17)7-8-15(19-16)18-9-10-20(12(2)3)13(4)5/h7-8,12-13H,6,9-11,17H2,1-5H3,(H,18,19). The predicted molar refractivity (Wildman–Crippen MR) is 89.9 cm³/mol. The molecule has 0 bridgehead atoms. The molecule has 0 spiro atoms. The summed E-state index contributed by atoms with van der Waals surface area (Å²) in [5, 5.41) is 3.34. The third-order valence-corrected chi connectivity index (χ3v) is 3.34. The van der Waals surface area contributed by atoms with Crippen LogP contribution in [0, 0.1) is 0 Å². The van der Waals surface area contributed by atoms with Crippen LogP contribution in [0.25, 0.3) is 0 Å². The predicted octanol–water partition coefficient (Wildman–Crippen LogP) is 2.98. The maximum atomic E-state index is 5.86. The van der Waals surface area contributed by atoms with Crippen LogP contribution < -0.4 is 15.8 Å². The van der Waals surface area contributed by atoms with Crippen molar-refractivity contribution in [2.75, 3.05) is 30.7 Å². The molecule has 0 radical (unpaired) electrons. The summed E-state index contributed by atoms with van der Waals surface area (Å²) < 4.78 is 5.54. The van der Waals surface area contributed by atoms with Crippen LogP contribution in [-0.4, -0.2) is 41.7 Å². The van der Waals surface area contributed by atoms with E-state index in [0.717, 1.165) is 25.3 Å². The second-order valence-electron chi connectivity index (χ2n) is 5.79. The SMILES string of the molecule is CCCOc1nc(NCCN(C(C)C)C(C)C)ccc1N. The van der Waals surface area contributed by atoms with Crippen molar-refractivity contribution in [2.45, 2.75) is 53.1 Å². The first kappa shape index (κ1) is 17.6. The molecule has 0 aliphatic carbocycles. The van der Waals surface area contributed by atoms with E-state index >= 15 is 0 Å². The molecule has 0 atom stereocenters. The number of nitrogens with zero attached hydrogens (tertiary/aromatic N) is 2. The molecule has 3 N–H and O–H groups in total. The molecule has 1 aromatic rings. The van der Waals surface area contributed by atoms with E-state index in [1.54, 1.807) is 0 Å². The monoisotopic (exact) mass is 294 g/mol. The molecule has 0 aliphatic heterocycles. The van der Waals surface area contributed by atoms with E-state index in [0.29, 0.717) is 30.3 Å². The average molecular weight is 294 g/mol. The Balaban J connectivity index is 2.55. The van der Waals surface area contributed by atoms with Crippen molar-refractivity contribution in [3.05, 3.63) is 12.1 Å². The van der Waals surface area contributed by atoms with Gasteiger partial charge < -0.3 is 15.8 Å². The Morgan fingerprint density at radius 3 is 2.48 bits per heavy atom. The summed E-state index contributed by atoms with van der Waals surface area (Å²) in [5.74, 6) is 1.33. The second kappa shape index (κ2) is 8.72. The zero-order valence-electron chi connectivity index (χ0n) is 14.0. The summed E-state index contributed by atoms with van der Waals surface area (Å²) in [6.45, 7) is 13.4. The minimum atomic E-state index is 0.520. The molecule has 0 fully saturated rings. The van der Waals surface area contributed by atoms with Crippen molar-refractivity contribution in [1.82, 2.24) is 9.88 Å². The van der Waals surface area contributed by atoms with Gasteiger partial charge in [0.25, 0.3) is 0 Å². The number of nitrogens with two attached hydrogens (primary N) is 1. The summed E-state index contributed by atoms with van der Waals surface area (Å²) >= 11 is 0. The first-order valence-electron chi connectivity index (χ1n) is 7.84. The molecular weight excluding hydrogens is 264 g/mol. The molecule has 0 aromatic carbocycles. The molecule has 1 heterocycles. The lowest BCUT2D eigenvalue weighted by molar-refractivity contribution is 0.182. The van der Waals surface area contributed by atoms with Crippen LogP contribution in [0.5, 0.6) is 5.88 Å². The van der Waals surface area contributed by atoms with Gasteiger partial charge in [-0.2, -0.15) is 4.98 Å². The third-order valence-electron chi connectivity index (χ3n) is 3.34. The van der Waals surface area contributed by atoms with E-state index in [9.17, 15) is 0 Å². The lowest BCUT2D eigenvalue weighted by Crippen LogP contribution is -2.40. The van der Waals surface area contributed by atoms with Gasteiger partial charge in [-0.15, -0.1) is 0 Å². The molecule has 1 rings (SSSR count). The Labute approximate surface area is 128 Å². The Bertz CT molecular complexity index is 413. The van der Waals surface area contributed by atoms with Crippen LogP contribution in [0.3, 0.4) is 0 Å². The van der Waals surface area contributed by atoms with E-state index in [-0.39, 0.29) is 0 Å². The van der Waals surface area contributed by atoms with E-state index in [1.165, 1.54) is 0 Å². The fourth-order valence-corrected chi connectivity index (χ4v) is 2.29. The van der Waals surface area contributed by atoms with Crippen molar-refractivity contribution in [3.8, 4) is 5.88 Å². The number of nitrogen functional groups attached to an aromatic ring is 1. The van der Waals surface area contributed by atoms with Crippen LogP contribution in [0.15, 0.2) is 12.1 Å². The summed E-state index contributed by atoms with van der Waals surface area (Å²) in [7, 11) is 0. The third kappa shape index (κ3) is 5.79. The summed E-state index contributed by atoms with van der Waals surface area (Å²) in [6, 6.07) is 4.80. The molecule has 120 valence electrons. The molecule has 5 heteroatoms. The van der Waals surface area contributed by atoms with Crippen molar-refractivity contribution >= 4 is 11.5 Å². The number of hydrogen-bond acceptors (Lipinski definition) is 5. The number of ether oxygens (including phenoxy) is 1. The topological polar surface area (TPSA) is 63.4 Å². The number of rotatable bonds is 9. The summed E-state index contributed by atoms with van der Waals surface area (Å²) in [5.41, 5.74) is 6.45.